The van der Waals surface area contributed by atoms with Crippen molar-refractivity contribution in [3.63, 3.8) is 0 Å². The van der Waals surface area contributed by atoms with E-state index < -0.39 is 0 Å². The minimum atomic E-state index is -0.273. The van der Waals surface area contributed by atoms with E-state index >= 15 is 0 Å². The molecular formula is C18H14ClN3OS. The van der Waals surface area contributed by atoms with Gasteiger partial charge in [-0.1, -0.05) is 54.1 Å². The predicted molar refractivity (Wildman–Crippen MR) is 98.8 cm³/mol. The molecule has 1 amide bonds. The Bertz CT molecular complexity index is 890. The Kier molecular flexibility index (Phi) is 5.03. The van der Waals surface area contributed by atoms with E-state index in [1.54, 1.807) is 18.3 Å². The van der Waals surface area contributed by atoms with Crippen molar-refractivity contribution in [3.8, 4) is 10.6 Å². The van der Waals surface area contributed by atoms with Crippen molar-refractivity contribution in [2.24, 2.45) is 5.10 Å². The Balaban J connectivity index is 1.73. The van der Waals surface area contributed by atoms with Gasteiger partial charge in [0, 0.05) is 10.6 Å². The van der Waals surface area contributed by atoms with Gasteiger partial charge in [0.05, 0.1) is 11.9 Å². The quantitative estimate of drug-likeness (QED) is 0.552. The molecule has 120 valence electrons. The average molecular weight is 356 g/mol. The first-order valence-electron chi connectivity index (χ1n) is 7.25. The van der Waals surface area contributed by atoms with E-state index in [4.69, 9.17) is 11.6 Å². The van der Waals surface area contributed by atoms with Crippen molar-refractivity contribution >= 4 is 35.1 Å². The number of nitrogens with zero attached hydrogens (tertiary/aromatic N) is 2. The van der Waals surface area contributed by atoms with Crippen LogP contribution in [0.5, 0.6) is 0 Å². The monoisotopic (exact) mass is 355 g/mol. The number of hydrogen-bond donors (Lipinski definition) is 1. The largest absolute Gasteiger partial charge is 0.283 e. The molecule has 4 nitrogen and oxygen atoms in total. The lowest BCUT2D eigenvalue weighted by molar-refractivity contribution is 0.0958. The van der Waals surface area contributed by atoms with Crippen LogP contribution in [0.15, 0.2) is 59.7 Å². The molecule has 1 heterocycles. The average Bonchev–Trinajstić information content (AvgIpc) is 2.98. The van der Waals surface area contributed by atoms with Gasteiger partial charge < -0.3 is 0 Å². The number of halogens is 1. The molecule has 0 radical (unpaired) electrons. The number of benzene rings is 2. The maximum atomic E-state index is 12.3. The van der Waals surface area contributed by atoms with Crippen LogP contribution in [0.3, 0.4) is 0 Å². The summed E-state index contributed by atoms with van der Waals surface area (Å²) in [6, 6.07) is 17.0. The van der Waals surface area contributed by atoms with Crippen molar-refractivity contribution in [2.45, 2.75) is 6.92 Å². The highest BCUT2D eigenvalue weighted by Crippen LogP contribution is 2.27. The predicted octanol–water partition coefficient (Wildman–Crippen LogP) is 4.54. The van der Waals surface area contributed by atoms with Gasteiger partial charge in [-0.05, 0) is 24.6 Å². The zero-order chi connectivity index (χ0) is 16.9. The smallest absolute Gasteiger partial charge is 0.266 e. The molecule has 1 N–H and O–H groups in total. The molecule has 0 aliphatic carbocycles. The third-order valence-electron chi connectivity index (χ3n) is 3.25. The van der Waals surface area contributed by atoms with Crippen molar-refractivity contribution in [1.82, 2.24) is 10.4 Å². The lowest BCUT2D eigenvalue weighted by Crippen LogP contribution is -2.17. The van der Waals surface area contributed by atoms with Gasteiger partial charge in [0.15, 0.2) is 0 Å². The Morgan fingerprint density at radius 3 is 2.75 bits per heavy atom. The van der Waals surface area contributed by atoms with Crippen molar-refractivity contribution in [2.75, 3.05) is 0 Å². The highest BCUT2D eigenvalue weighted by atomic mass is 35.5. The van der Waals surface area contributed by atoms with E-state index in [0.717, 1.165) is 16.1 Å². The van der Waals surface area contributed by atoms with Gasteiger partial charge in [0.25, 0.3) is 5.91 Å². The molecule has 24 heavy (non-hydrogen) atoms. The highest BCUT2D eigenvalue weighted by Gasteiger charge is 2.15. The summed E-state index contributed by atoms with van der Waals surface area (Å²) in [5.41, 5.74) is 5.03. The van der Waals surface area contributed by atoms with E-state index in [0.29, 0.717) is 15.6 Å². The third-order valence-corrected chi connectivity index (χ3v) is 4.69. The van der Waals surface area contributed by atoms with Gasteiger partial charge in [-0.2, -0.15) is 5.10 Å². The number of thiazole rings is 1. The van der Waals surface area contributed by atoms with Gasteiger partial charge in [-0.3, -0.25) is 4.79 Å². The fourth-order valence-electron chi connectivity index (χ4n) is 2.11. The molecule has 0 spiro atoms. The fraction of sp³-hybridized carbons (Fsp3) is 0.0556. The Morgan fingerprint density at radius 2 is 2.00 bits per heavy atom. The summed E-state index contributed by atoms with van der Waals surface area (Å²) in [5, 5.41) is 5.42. The molecule has 0 aliphatic rings. The van der Waals surface area contributed by atoms with E-state index in [1.807, 2.05) is 49.4 Å². The van der Waals surface area contributed by atoms with Crippen LogP contribution < -0.4 is 5.43 Å². The van der Waals surface area contributed by atoms with E-state index in [9.17, 15) is 4.79 Å². The molecule has 0 aliphatic heterocycles. The summed E-state index contributed by atoms with van der Waals surface area (Å²) < 4.78 is 0. The second kappa shape index (κ2) is 7.38. The summed E-state index contributed by atoms with van der Waals surface area (Å²) in [7, 11) is 0. The standard InChI is InChI=1S/C18H14ClN3OS/c1-12-16(24-18(21-12)14-7-3-2-4-8-14)17(23)22-20-11-13-6-5-9-15(19)10-13/h2-11H,1H3,(H,22,23)/b20-11+. The summed E-state index contributed by atoms with van der Waals surface area (Å²) in [4.78, 5) is 17.3. The first kappa shape index (κ1) is 16.4. The number of carbonyl (C=O) groups is 1. The van der Waals surface area contributed by atoms with E-state index in [2.05, 4.69) is 15.5 Å². The molecule has 0 unspecified atom stereocenters. The summed E-state index contributed by atoms with van der Waals surface area (Å²) >= 11 is 7.26. The van der Waals surface area contributed by atoms with Gasteiger partial charge in [-0.25, -0.2) is 10.4 Å². The van der Waals surface area contributed by atoms with Crippen LogP contribution in [0.4, 0.5) is 0 Å². The Labute approximate surface area is 148 Å². The van der Waals surface area contributed by atoms with Crippen LogP contribution in [0.2, 0.25) is 5.02 Å². The van der Waals surface area contributed by atoms with E-state index in [-0.39, 0.29) is 5.91 Å². The van der Waals surface area contributed by atoms with Crippen LogP contribution in [-0.2, 0) is 0 Å². The van der Waals surface area contributed by atoms with Gasteiger partial charge in [0.1, 0.15) is 9.88 Å². The maximum Gasteiger partial charge on any atom is 0.283 e. The number of aryl methyl sites for hydroxylation is 1. The van der Waals surface area contributed by atoms with Crippen LogP contribution in [-0.4, -0.2) is 17.1 Å². The molecule has 0 bridgehead atoms. The van der Waals surface area contributed by atoms with Crippen LogP contribution in [0, 0.1) is 6.92 Å². The zero-order valence-corrected chi connectivity index (χ0v) is 14.4. The molecule has 3 aromatic rings. The Hall–Kier alpha value is -2.50. The summed E-state index contributed by atoms with van der Waals surface area (Å²) in [6.07, 6.45) is 1.55. The molecule has 6 heteroatoms. The maximum absolute atomic E-state index is 12.3. The second-order valence-electron chi connectivity index (χ2n) is 5.05. The van der Waals surface area contributed by atoms with Gasteiger partial charge in [-0.15, -0.1) is 11.3 Å². The highest BCUT2D eigenvalue weighted by molar-refractivity contribution is 7.17. The molecule has 2 aromatic carbocycles. The van der Waals surface area contributed by atoms with Gasteiger partial charge >= 0.3 is 0 Å². The molecule has 1 aromatic heterocycles. The van der Waals surface area contributed by atoms with Crippen LogP contribution in [0.1, 0.15) is 20.9 Å². The molecule has 0 saturated carbocycles. The fourth-order valence-corrected chi connectivity index (χ4v) is 3.27. The van der Waals surface area contributed by atoms with Crippen molar-refractivity contribution in [3.05, 3.63) is 75.8 Å². The van der Waals surface area contributed by atoms with Crippen LogP contribution >= 0.6 is 22.9 Å². The first-order chi connectivity index (χ1) is 11.6. The first-order valence-corrected chi connectivity index (χ1v) is 8.45. The Morgan fingerprint density at radius 1 is 1.21 bits per heavy atom. The number of hydrazone groups is 1. The molecule has 0 fully saturated rings. The zero-order valence-electron chi connectivity index (χ0n) is 12.9. The third kappa shape index (κ3) is 3.88. The lowest BCUT2D eigenvalue weighted by Gasteiger charge is -1.97. The minimum absolute atomic E-state index is 0.273. The SMILES string of the molecule is Cc1nc(-c2ccccc2)sc1C(=O)N/N=C/c1cccc(Cl)c1. The number of rotatable bonds is 4. The molecule has 3 rings (SSSR count). The molecule has 0 saturated heterocycles. The van der Waals surface area contributed by atoms with Crippen molar-refractivity contribution in [1.29, 1.82) is 0 Å². The number of amides is 1. The molecular weight excluding hydrogens is 342 g/mol. The second-order valence-corrected chi connectivity index (χ2v) is 6.49. The molecule has 0 atom stereocenters. The van der Waals surface area contributed by atoms with E-state index in [1.165, 1.54) is 11.3 Å². The lowest BCUT2D eigenvalue weighted by atomic mass is 10.2. The van der Waals surface area contributed by atoms with Crippen LogP contribution in [0.25, 0.3) is 10.6 Å². The number of aromatic nitrogens is 1. The summed E-state index contributed by atoms with van der Waals surface area (Å²) in [5.74, 6) is -0.273. The number of nitrogens with one attached hydrogen (secondary N) is 1. The van der Waals surface area contributed by atoms with Gasteiger partial charge in [0.2, 0.25) is 0 Å². The minimum Gasteiger partial charge on any atom is -0.266 e. The van der Waals surface area contributed by atoms with Crippen molar-refractivity contribution < 1.29 is 4.79 Å². The number of hydrogen-bond acceptors (Lipinski definition) is 4. The summed E-state index contributed by atoms with van der Waals surface area (Å²) in [6.45, 7) is 1.82. The topological polar surface area (TPSA) is 54.4 Å². The number of carbonyl (C=O) groups excluding carboxylic acids is 1. The normalized spacial score (nSPS) is 10.9.